The van der Waals surface area contributed by atoms with Crippen LogP contribution in [-0.2, 0) is 0 Å². The number of halogens is 1. The van der Waals surface area contributed by atoms with Crippen molar-refractivity contribution in [3.05, 3.63) is 53.6 Å². The maximum absolute atomic E-state index is 14.6. The predicted octanol–water partition coefficient (Wildman–Crippen LogP) is 4.37. The molecule has 0 bridgehead atoms. The number of methoxy groups -OCH3 is 1. The Morgan fingerprint density at radius 2 is 2.07 bits per heavy atom. The highest BCUT2D eigenvalue weighted by Gasteiger charge is 2.15. The summed E-state index contributed by atoms with van der Waals surface area (Å²) in [6, 6.07) is 12.7. The average molecular weight is 362 g/mol. The molecule has 0 atom stereocenters. The third kappa shape index (κ3) is 3.36. The maximum atomic E-state index is 14.6. The van der Waals surface area contributed by atoms with Crippen LogP contribution >= 0.6 is 0 Å². The van der Waals surface area contributed by atoms with E-state index in [1.807, 2.05) is 18.2 Å². The highest BCUT2D eigenvalue weighted by Crippen LogP contribution is 2.26. The summed E-state index contributed by atoms with van der Waals surface area (Å²) in [5.41, 5.74) is 3.01. The molecule has 0 unspecified atom stereocenters. The topological polar surface area (TPSA) is 64.9 Å². The Morgan fingerprint density at radius 3 is 2.78 bits per heavy atom. The average Bonchev–Trinajstić information content (AvgIpc) is 3.36. The van der Waals surface area contributed by atoms with Gasteiger partial charge in [0.1, 0.15) is 23.5 Å². The lowest BCUT2D eigenvalue weighted by molar-refractivity contribution is 0.415. The van der Waals surface area contributed by atoms with Crippen molar-refractivity contribution < 1.29 is 9.13 Å². The SMILES string of the molecule is COc1ccc2nc(/C(C#N)=C\c3ccc(N4CCCC4)cc3F)[nH]c2c1. The van der Waals surface area contributed by atoms with E-state index >= 15 is 0 Å². The van der Waals surface area contributed by atoms with Gasteiger partial charge < -0.3 is 14.6 Å². The Balaban J connectivity index is 1.68. The monoisotopic (exact) mass is 362 g/mol. The van der Waals surface area contributed by atoms with Crippen molar-refractivity contribution in [2.45, 2.75) is 12.8 Å². The van der Waals surface area contributed by atoms with Crippen LogP contribution in [0.4, 0.5) is 10.1 Å². The molecule has 1 fully saturated rings. The minimum atomic E-state index is -0.343. The summed E-state index contributed by atoms with van der Waals surface area (Å²) in [5.74, 6) is 0.762. The van der Waals surface area contributed by atoms with Gasteiger partial charge in [-0.15, -0.1) is 0 Å². The summed E-state index contributed by atoms with van der Waals surface area (Å²) in [6.07, 6.45) is 3.80. The quantitative estimate of drug-likeness (QED) is 0.700. The molecule has 136 valence electrons. The first-order valence-electron chi connectivity index (χ1n) is 8.88. The van der Waals surface area contributed by atoms with Gasteiger partial charge in [0.25, 0.3) is 0 Å². The number of imidazole rings is 1. The number of anilines is 1. The summed E-state index contributed by atoms with van der Waals surface area (Å²) in [5, 5.41) is 9.55. The number of rotatable bonds is 4. The van der Waals surface area contributed by atoms with Crippen molar-refractivity contribution in [1.29, 1.82) is 5.26 Å². The van der Waals surface area contributed by atoms with Crippen LogP contribution in [0.1, 0.15) is 24.2 Å². The minimum Gasteiger partial charge on any atom is -0.497 e. The molecule has 2 aromatic carbocycles. The fraction of sp³-hybridized carbons (Fsp3) is 0.238. The number of nitrogens with zero attached hydrogens (tertiary/aromatic N) is 3. The third-order valence-corrected chi connectivity index (χ3v) is 4.82. The van der Waals surface area contributed by atoms with Crippen LogP contribution in [0, 0.1) is 17.1 Å². The van der Waals surface area contributed by atoms with E-state index in [9.17, 15) is 9.65 Å². The van der Waals surface area contributed by atoms with Crippen LogP contribution in [0.2, 0.25) is 0 Å². The van der Waals surface area contributed by atoms with Crippen molar-refractivity contribution in [3.63, 3.8) is 0 Å². The molecule has 3 aromatic rings. The van der Waals surface area contributed by atoms with Crippen molar-refractivity contribution in [2.75, 3.05) is 25.1 Å². The molecule has 0 aliphatic carbocycles. The molecule has 2 heterocycles. The van der Waals surface area contributed by atoms with Crippen molar-refractivity contribution in [1.82, 2.24) is 9.97 Å². The molecule has 0 spiro atoms. The number of benzene rings is 2. The van der Waals surface area contributed by atoms with Crippen LogP contribution in [-0.4, -0.2) is 30.2 Å². The molecule has 1 aromatic heterocycles. The molecule has 1 saturated heterocycles. The van der Waals surface area contributed by atoms with Gasteiger partial charge in [-0.2, -0.15) is 5.26 Å². The van der Waals surface area contributed by atoms with Crippen molar-refractivity contribution in [3.8, 4) is 11.8 Å². The van der Waals surface area contributed by atoms with Gasteiger partial charge in [-0.1, -0.05) is 0 Å². The number of ether oxygens (including phenoxy) is 1. The first kappa shape index (κ1) is 17.1. The Morgan fingerprint density at radius 1 is 1.26 bits per heavy atom. The number of nitriles is 1. The summed E-state index contributed by atoms with van der Waals surface area (Å²) < 4.78 is 19.8. The largest absolute Gasteiger partial charge is 0.497 e. The Bertz CT molecular complexity index is 1060. The van der Waals surface area contributed by atoms with Gasteiger partial charge in [0.2, 0.25) is 0 Å². The second-order valence-corrected chi connectivity index (χ2v) is 6.54. The Hall–Kier alpha value is -3.33. The molecule has 0 amide bonds. The lowest BCUT2D eigenvalue weighted by Gasteiger charge is -2.17. The molecule has 0 radical (unpaired) electrons. The summed E-state index contributed by atoms with van der Waals surface area (Å²) in [6.45, 7) is 1.92. The first-order chi connectivity index (χ1) is 13.2. The first-order valence-corrected chi connectivity index (χ1v) is 8.88. The molecule has 6 heteroatoms. The van der Waals surface area contributed by atoms with Gasteiger partial charge in [-0.05, 0) is 49.2 Å². The van der Waals surface area contributed by atoms with E-state index in [-0.39, 0.29) is 11.4 Å². The van der Waals surface area contributed by atoms with Gasteiger partial charge in [0, 0.05) is 30.4 Å². The van der Waals surface area contributed by atoms with Crippen molar-refractivity contribution in [2.24, 2.45) is 0 Å². The lowest BCUT2D eigenvalue weighted by atomic mass is 10.1. The fourth-order valence-corrected chi connectivity index (χ4v) is 3.36. The molecule has 1 aliphatic rings. The van der Waals surface area contributed by atoms with E-state index in [0.717, 1.165) is 42.7 Å². The van der Waals surface area contributed by atoms with E-state index in [4.69, 9.17) is 4.74 Å². The zero-order valence-electron chi connectivity index (χ0n) is 15.0. The van der Waals surface area contributed by atoms with Gasteiger partial charge in [0.05, 0.1) is 23.7 Å². The Kier molecular flexibility index (Phi) is 4.51. The highest BCUT2D eigenvalue weighted by molar-refractivity contribution is 5.90. The van der Waals surface area contributed by atoms with Crippen LogP contribution in [0.25, 0.3) is 22.7 Å². The van der Waals surface area contributed by atoms with Gasteiger partial charge in [-0.25, -0.2) is 9.37 Å². The second kappa shape index (κ2) is 7.12. The lowest BCUT2D eigenvalue weighted by Crippen LogP contribution is -2.17. The highest BCUT2D eigenvalue weighted by atomic mass is 19.1. The number of fused-ring (bicyclic) bond motifs is 1. The van der Waals surface area contributed by atoms with Crippen LogP contribution < -0.4 is 9.64 Å². The van der Waals surface area contributed by atoms with E-state index < -0.39 is 0 Å². The number of allylic oxidation sites excluding steroid dienone is 1. The molecule has 1 aliphatic heterocycles. The van der Waals surface area contributed by atoms with Crippen molar-refractivity contribution >= 4 is 28.4 Å². The molecule has 4 rings (SSSR count). The standard InChI is InChI=1S/C21H19FN4O/c1-27-17-6-7-19-20(12-17)25-21(24-19)15(13-23)10-14-4-5-16(11-18(14)22)26-8-2-3-9-26/h4-7,10-12H,2-3,8-9H2,1H3,(H,24,25)/b15-10-. The molecule has 0 saturated carbocycles. The van der Waals surface area contributed by atoms with Crippen LogP contribution in [0.3, 0.4) is 0 Å². The number of aromatic amines is 1. The van der Waals surface area contributed by atoms with Gasteiger partial charge in [-0.3, -0.25) is 0 Å². The summed E-state index contributed by atoms with van der Waals surface area (Å²) in [4.78, 5) is 9.71. The fourth-order valence-electron chi connectivity index (χ4n) is 3.36. The van der Waals surface area contributed by atoms with Gasteiger partial charge >= 0.3 is 0 Å². The summed E-state index contributed by atoms with van der Waals surface area (Å²) in [7, 11) is 1.59. The van der Waals surface area contributed by atoms with E-state index in [2.05, 4.69) is 20.9 Å². The van der Waals surface area contributed by atoms with Crippen LogP contribution in [0.15, 0.2) is 36.4 Å². The minimum absolute atomic E-state index is 0.276. The van der Waals surface area contributed by atoms with Crippen LogP contribution in [0.5, 0.6) is 5.75 Å². The summed E-state index contributed by atoms with van der Waals surface area (Å²) >= 11 is 0. The molecular formula is C21H19FN4O. The van der Waals surface area contributed by atoms with Gasteiger partial charge in [0.15, 0.2) is 0 Å². The number of aromatic nitrogens is 2. The number of H-pyrrole nitrogens is 1. The molecule has 27 heavy (non-hydrogen) atoms. The molecular weight excluding hydrogens is 343 g/mol. The Labute approximate surface area is 156 Å². The van der Waals surface area contributed by atoms with E-state index in [0.29, 0.717) is 17.1 Å². The predicted molar refractivity (Wildman–Crippen MR) is 104 cm³/mol. The van der Waals surface area contributed by atoms with E-state index in [1.165, 1.54) is 12.1 Å². The van der Waals surface area contributed by atoms with E-state index in [1.54, 1.807) is 19.2 Å². The zero-order valence-corrected chi connectivity index (χ0v) is 15.0. The molecule has 5 nitrogen and oxygen atoms in total. The second-order valence-electron chi connectivity index (χ2n) is 6.54. The smallest absolute Gasteiger partial charge is 0.149 e. The zero-order chi connectivity index (χ0) is 18.8. The molecule has 1 N–H and O–H groups in total. The third-order valence-electron chi connectivity index (χ3n) is 4.82. The number of hydrogen-bond acceptors (Lipinski definition) is 4. The maximum Gasteiger partial charge on any atom is 0.149 e. The number of hydrogen-bond donors (Lipinski definition) is 1. The number of nitrogens with one attached hydrogen (secondary N) is 1. The normalized spacial score (nSPS) is 14.6.